The lowest BCUT2D eigenvalue weighted by molar-refractivity contribution is -0.137. The van der Waals surface area contributed by atoms with E-state index in [9.17, 15) is 18.0 Å². The van der Waals surface area contributed by atoms with Crippen LogP contribution in [0.5, 0.6) is 0 Å². The van der Waals surface area contributed by atoms with Gasteiger partial charge in [0, 0.05) is 29.2 Å². The zero-order valence-electron chi connectivity index (χ0n) is 9.85. The van der Waals surface area contributed by atoms with Crippen LogP contribution in [0.4, 0.5) is 18.9 Å². The topological polar surface area (TPSA) is 41.1 Å². The molecule has 0 radical (unpaired) electrons. The van der Waals surface area contributed by atoms with Gasteiger partial charge >= 0.3 is 6.18 Å². The van der Waals surface area contributed by atoms with Crippen LogP contribution < -0.4 is 10.6 Å². The molecule has 0 aromatic heterocycles. The maximum atomic E-state index is 12.9. The van der Waals surface area contributed by atoms with Crippen molar-refractivity contribution < 1.29 is 18.0 Å². The summed E-state index contributed by atoms with van der Waals surface area (Å²) in [5, 5.41) is 5.46. The number of amides is 1. The van der Waals surface area contributed by atoms with Gasteiger partial charge in [-0.1, -0.05) is 15.9 Å². The van der Waals surface area contributed by atoms with Gasteiger partial charge in [0.2, 0.25) is 5.91 Å². The van der Waals surface area contributed by atoms with E-state index in [-0.39, 0.29) is 24.2 Å². The number of benzene rings is 1. The van der Waals surface area contributed by atoms with Crippen molar-refractivity contribution >= 4 is 27.5 Å². The molecule has 7 heteroatoms. The molecule has 1 saturated heterocycles. The summed E-state index contributed by atoms with van der Waals surface area (Å²) in [6.07, 6.45) is -3.34. The van der Waals surface area contributed by atoms with Crippen LogP contribution >= 0.6 is 15.9 Å². The average Bonchev–Trinajstić information content (AvgIpc) is 2.72. The van der Waals surface area contributed by atoms with Crippen molar-refractivity contribution in [3.8, 4) is 0 Å². The van der Waals surface area contributed by atoms with E-state index < -0.39 is 11.7 Å². The summed E-state index contributed by atoms with van der Waals surface area (Å²) in [7, 11) is 0. The molecule has 0 bridgehead atoms. The largest absolute Gasteiger partial charge is 0.418 e. The quantitative estimate of drug-likeness (QED) is 0.890. The Bertz CT molecular complexity index is 490. The fraction of sp³-hybridized carbons (Fsp3) is 0.417. The minimum Gasteiger partial charge on any atom is -0.382 e. The molecule has 2 rings (SSSR count). The van der Waals surface area contributed by atoms with Crippen LogP contribution in [0.15, 0.2) is 22.7 Å². The normalized spacial score (nSPS) is 19.4. The molecule has 1 unspecified atom stereocenters. The van der Waals surface area contributed by atoms with Crippen molar-refractivity contribution in [3.05, 3.63) is 28.2 Å². The zero-order chi connectivity index (χ0) is 14.0. The fourth-order valence-corrected chi connectivity index (χ4v) is 2.33. The molecule has 0 spiro atoms. The van der Waals surface area contributed by atoms with Gasteiger partial charge in [0.25, 0.3) is 0 Å². The number of rotatable bonds is 3. The number of nitrogens with one attached hydrogen (secondary N) is 2. The number of anilines is 1. The standard InChI is InChI=1S/C12H12BrF3N2O/c13-7-1-3-10(9(5-7)12(14,15)16)17-6-8-2-4-11(19)18-8/h1,3,5,8,17H,2,4,6H2,(H,18,19). The number of carbonyl (C=O) groups excluding carboxylic acids is 1. The van der Waals surface area contributed by atoms with Crippen LogP contribution in [0.1, 0.15) is 18.4 Å². The van der Waals surface area contributed by atoms with E-state index in [0.717, 1.165) is 6.07 Å². The SMILES string of the molecule is O=C1CCC(CNc2ccc(Br)cc2C(F)(F)F)N1. The Hall–Kier alpha value is -1.24. The maximum Gasteiger partial charge on any atom is 0.418 e. The summed E-state index contributed by atoms with van der Waals surface area (Å²) in [4.78, 5) is 11.0. The average molecular weight is 337 g/mol. The maximum absolute atomic E-state index is 12.9. The molecule has 1 aliphatic heterocycles. The van der Waals surface area contributed by atoms with Gasteiger partial charge in [-0.25, -0.2) is 0 Å². The Labute approximate surface area is 116 Å². The highest BCUT2D eigenvalue weighted by Gasteiger charge is 2.34. The Kier molecular flexibility index (Phi) is 4.03. The summed E-state index contributed by atoms with van der Waals surface area (Å²) >= 11 is 3.03. The van der Waals surface area contributed by atoms with Crippen molar-refractivity contribution in [2.24, 2.45) is 0 Å². The van der Waals surface area contributed by atoms with E-state index in [1.165, 1.54) is 6.07 Å². The molecule has 1 aromatic rings. The first kappa shape index (κ1) is 14.2. The summed E-state index contributed by atoms with van der Waals surface area (Å²) in [6, 6.07) is 3.85. The Balaban J connectivity index is 2.09. The van der Waals surface area contributed by atoms with Crippen molar-refractivity contribution in [3.63, 3.8) is 0 Å². The van der Waals surface area contributed by atoms with E-state index in [2.05, 4.69) is 26.6 Å². The van der Waals surface area contributed by atoms with Gasteiger partial charge in [0.05, 0.1) is 5.56 Å². The highest BCUT2D eigenvalue weighted by atomic mass is 79.9. The molecule has 3 nitrogen and oxygen atoms in total. The van der Waals surface area contributed by atoms with Crippen molar-refractivity contribution in [2.45, 2.75) is 25.1 Å². The highest BCUT2D eigenvalue weighted by Crippen LogP contribution is 2.36. The number of halogens is 4. The molecule has 19 heavy (non-hydrogen) atoms. The van der Waals surface area contributed by atoms with E-state index in [1.54, 1.807) is 6.07 Å². The van der Waals surface area contributed by atoms with Gasteiger partial charge < -0.3 is 10.6 Å². The molecule has 1 fully saturated rings. The lowest BCUT2D eigenvalue weighted by atomic mass is 10.1. The lowest BCUT2D eigenvalue weighted by Crippen LogP contribution is -2.32. The molecule has 2 N–H and O–H groups in total. The first-order chi connectivity index (χ1) is 8.86. The Morgan fingerprint density at radius 2 is 2.16 bits per heavy atom. The van der Waals surface area contributed by atoms with Crippen molar-refractivity contribution in [1.82, 2.24) is 5.32 Å². The molecular formula is C12H12BrF3N2O. The number of alkyl halides is 3. The van der Waals surface area contributed by atoms with Gasteiger partial charge in [0.15, 0.2) is 0 Å². The minimum absolute atomic E-state index is 0.0249. The molecular weight excluding hydrogens is 325 g/mol. The van der Waals surface area contributed by atoms with Gasteiger partial charge in [-0.05, 0) is 24.6 Å². The van der Waals surface area contributed by atoms with E-state index in [4.69, 9.17) is 0 Å². The Morgan fingerprint density at radius 1 is 1.42 bits per heavy atom. The second-order valence-electron chi connectivity index (χ2n) is 4.37. The van der Waals surface area contributed by atoms with Crippen LogP contribution in [-0.4, -0.2) is 18.5 Å². The van der Waals surface area contributed by atoms with Crippen molar-refractivity contribution in [2.75, 3.05) is 11.9 Å². The molecule has 1 heterocycles. The van der Waals surface area contributed by atoms with Gasteiger partial charge in [-0.2, -0.15) is 13.2 Å². The summed E-state index contributed by atoms with van der Waals surface area (Å²) in [5.41, 5.74) is -0.692. The van der Waals surface area contributed by atoms with Gasteiger partial charge in [-0.3, -0.25) is 4.79 Å². The van der Waals surface area contributed by atoms with Crippen molar-refractivity contribution in [1.29, 1.82) is 0 Å². The minimum atomic E-state index is -4.41. The summed E-state index contributed by atoms with van der Waals surface area (Å²) in [5.74, 6) is -0.0568. The first-order valence-corrected chi connectivity index (χ1v) is 6.55. The zero-order valence-corrected chi connectivity index (χ0v) is 11.4. The van der Waals surface area contributed by atoms with Crippen LogP contribution in [0.2, 0.25) is 0 Å². The number of hydrogen-bond acceptors (Lipinski definition) is 2. The molecule has 1 amide bonds. The van der Waals surface area contributed by atoms with Gasteiger partial charge in [-0.15, -0.1) is 0 Å². The molecule has 0 saturated carbocycles. The summed E-state index contributed by atoms with van der Waals surface area (Å²) in [6.45, 7) is 0.288. The van der Waals surface area contributed by atoms with Gasteiger partial charge in [0.1, 0.15) is 0 Å². The smallest absolute Gasteiger partial charge is 0.382 e. The van der Waals surface area contributed by atoms with E-state index in [0.29, 0.717) is 17.3 Å². The third-order valence-electron chi connectivity index (χ3n) is 2.91. The predicted molar refractivity (Wildman–Crippen MR) is 68.8 cm³/mol. The fourth-order valence-electron chi connectivity index (χ4n) is 1.97. The van der Waals surface area contributed by atoms with Crippen LogP contribution in [0.3, 0.4) is 0 Å². The lowest BCUT2D eigenvalue weighted by Gasteiger charge is -2.17. The molecule has 1 atom stereocenters. The van der Waals surface area contributed by atoms with E-state index >= 15 is 0 Å². The van der Waals surface area contributed by atoms with Crippen LogP contribution in [-0.2, 0) is 11.0 Å². The summed E-state index contributed by atoms with van der Waals surface area (Å²) < 4.78 is 39.0. The molecule has 1 aliphatic rings. The van der Waals surface area contributed by atoms with Crippen LogP contribution in [0, 0.1) is 0 Å². The highest BCUT2D eigenvalue weighted by molar-refractivity contribution is 9.10. The Morgan fingerprint density at radius 3 is 2.74 bits per heavy atom. The monoisotopic (exact) mass is 336 g/mol. The number of hydrogen-bond donors (Lipinski definition) is 2. The molecule has 1 aromatic carbocycles. The third kappa shape index (κ3) is 3.62. The van der Waals surface area contributed by atoms with E-state index in [1.807, 2.05) is 0 Å². The second-order valence-corrected chi connectivity index (χ2v) is 5.29. The predicted octanol–water partition coefficient (Wildman–Crippen LogP) is 3.16. The van der Waals surface area contributed by atoms with Crippen LogP contribution in [0.25, 0.3) is 0 Å². The first-order valence-electron chi connectivity index (χ1n) is 5.76. The molecule has 104 valence electrons. The number of carbonyl (C=O) groups is 1. The second kappa shape index (κ2) is 5.40. The molecule has 0 aliphatic carbocycles. The third-order valence-corrected chi connectivity index (χ3v) is 3.40.